The predicted molar refractivity (Wildman–Crippen MR) is 75.5 cm³/mol. The summed E-state index contributed by atoms with van der Waals surface area (Å²) in [5.74, 6) is -0.241. The Labute approximate surface area is 114 Å². The largest absolute Gasteiger partial charge is 0.478 e. The van der Waals surface area contributed by atoms with Gasteiger partial charge in [0.1, 0.15) is 5.82 Å². The summed E-state index contributed by atoms with van der Waals surface area (Å²) in [6.07, 6.45) is 0.729. The fourth-order valence-corrected chi connectivity index (χ4v) is 2.67. The zero-order valence-electron chi connectivity index (χ0n) is 12.2. The van der Waals surface area contributed by atoms with Crippen LogP contribution in [-0.4, -0.2) is 22.1 Å². The van der Waals surface area contributed by atoms with E-state index in [1.807, 2.05) is 6.92 Å². The van der Waals surface area contributed by atoms with Gasteiger partial charge in [-0.3, -0.25) is 0 Å². The Morgan fingerprint density at radius 2 is 1.89 bits per heavy atom. The van der Waals surface area contributed by atoms with Crippen molar-refractivity contribution in [2.75, 3.05) is 5.32 Å². The molecule has 0 unspecified atom stereocenters. The average molecular weight is 262 g/mol. The predicted octanol–water partition coefficient (Wildman–Crippen LogP) is 3.19. The highest BCUT2D eigenvalue weighted by Gasteiger charge is 2.65. The van der Waals surface area contributed by atoms with E-state index in [-0.39, 0.29) is 10.8 Å². The molecule has 0 aliphatic heterocycles. The number of hydrogen-bond donors (Lipinski definition) is 2. The molecule has 2 N–H and O–H groups in total. The fourth-order valence-electron chi connectivity index (χ4n) is 2.67. The van der Waals surface area contributed by atoms with Crippen LogP contribution in [0.15, 0.2) is 12.1 Å². The lowest BCUT2D eigenvalue weighted by Crippen LogP contribution is -2.13. The number of nitrogens with zero attached hydrogens (tertiary/aromatic N) is 1. The number of aryl methyl sites for hydroxylation is 1. The van der Waals surface area contributed by atoms with Gasteiger partial charge in [-0.25, -0.2) is 9.78 Å². The van der Waals surface area contributed by atoms with E-state index >= 15 is 0 Å². The lowest BCUT2D eigenvalue weighted by molar-refractivity contribution is 0.0696. The van der Waals surface area contributed by atoms with Crippen LogP contribution in [-0.2, 0) is 6.42 Å². The van der Waals surface area contributed by atoms with Gasteiger partial charge in [-0.2, -0.15) is 0 Å². The topological polar surface area (TPSA) is 62.2 Å². The summed E-state index contributed by atoms with van der Waals surface area (Å²) < 4.78 is 0. The number of hydrogen-bond acceptors (Lipinski definition) is 3. The molecule has 104 valence electrons. The molecule has 1 aliphatic carbocycles. The molecule has 1 heterocycles. The highest BCUT2D eigenvalue weighted by molar-refractivity contribution is 5.88. The first-order chi connectivity index (χ1) is 8.70. The van der Waals surface area contributed by atoms with Crippen molar-refractivity contribution in [3.63, 3.8) is 0 Å². The van der Waals surface area contributed by atoms with Crippen LogP contribution in [0.3, 0.4) is 0 Å². The van der Waals surface area contributed by atoms with Crippen LogP contribution in [0, 0.1) is 10.8 Å². The van der Waals surface area contributed by atoms with Gasteiger partial charge in [0.15, 0.2) is 0 Å². The first kappa shape index (κ1) is 13.8. The van der Waals surface area contributed by atoms with Crippen LogP contribution in [0.25, 0.3) is 0 Å². The molecule has 1 aromatic rings. The first-order valence-corrected chi connectivity index (χ1v) is 6.71. The van der Waals surface area contributed by atoms with Gasteiger partial charge >= 0.3 is 5.97 Å². The Hall–Kier alpha value is -1.58. The third-order valence-corrected chi connectivity index (χ3v) is 4.80. The standard InChI is InChI=1S/C15H22N2O2/c1-6-10-7-9(12(18)19)8-11(16-10)17-13-14(2,3)15(13,4)5/h7-8,13H,6H2,1-5H3,(H,16,17)(H,18,19). The lowest BCUT2D eigenvalue weighted by Gasteiger charge is -2.10. The Kier molecular flexibility index (Phi) is 3.07. The second-order valence-corrected chi connectivity index (χ2v) is 6.41. The van der Waals surface area contributed by atoms with Gasteiger partial charge in [-0.1, -0.05) is 34.6 Å². The summed E-state index contributed by atoms with van der Waals surface area (Å²) >= 11 is 0. The fraction of sp³-hybridized carbons (Fsp3) is 0.600. The quantitative estimate of drug-likeness (QED) is 0.874. The molecule has 4 heteroatoms. The van der Waals surface area contributed by atoms with Crippen LogP contribution >= 0.6 is 0 Å². The number of anilines is 1. The summed E-state index contributed by atoms with van der Waals surface area (Å²) in [5.41, 5.74) is 1.49. The molecule has 19 heavy (non-hydrogen) atoms. The minimum atomic E-state index is -0.908. The van der Waals surface area contributed by atoms with Gasteiger partial charge in [0.2, 0.25) is 0 Å². The van der Waals surface area contributed by atoms with Crippen molar-refractivity contribution >= 4 is 11.8 Å². The average Bonchev–Trinajstić information content (AvgIpc) is 2.71. The van der Waals surface area contributed by atoms with Crippen LogP contribution in [0.2, 0.25) is 0 Å². The van der Waals surface area contributed by atoms with E-state index in [4.69, 9.17) is 5.11 Å². The van der Waals surface area contributed by atoms with Gasteiger partial charge in [-0.05, 0) is 29.4 Å². The van der Waals surface area contributed by atoms with Crippen molar-refractivity contribution in [2.24, 2.45) is 10.8 Å². The first-order valence-electron chi connectivity index (χ1n) is 6.71. The van der Waals surface area contributed by atoms with Crippen LogP contribution in [0.5, 0.6) is 0 Å². The zero-order valence-corrected chi connectivity index (χ0v) is 12.2. The van der Waals surface area contributed by atoms with Gasteiger partial charge in [0.25, 0.3) is 0 Å². The molecular formula is C15H22N2O2. The maximum atomic E-state index is 11.1. The van der Waals surface area contributed by atoms with E-state index < -0.39 is 5.97 Å². The Bertz CT molecular complexity index is 507. The molecule has 0 bridgehead atoms. The minimum absolute atomic E-state index is 0.195. The normalized spacial score (nSPS) is 20.1. The van der Waals surface area contributed by atoms with E-state index in [1.165, 1.54) is 0 Å². The van der Waals surface area contributed by atoms with E-state index in [9.17, 15) is 4.79 Å². The van der Waals surface area contributed by atoms with Crippen LogP contribution in [0.4, 0.5) is 5.82 Å². The van der Waals surface area contributed by atoms with E-state index in [0.29, 0.717) is 17.4 Å². The molecule has 1 aliphatic rings. The van der Waals surface area contributed by atoms with E-state index in [2.05, 4.69) is 38.0 Å². The maximum absolute atomic E-state index is 11.1. The smallest absolute Gasteiger partial charge is 0.335 e. The third kappa shape index (κ3) is 2.20. The van der Waals surface area contributed by atoms with Gasteiger partial charge in [0, 0.05) is 11.7 Å². The van der Waals surface area contributed by atoms with Gasteiger partial charge < -0.3 is 10.4 Å². The third-order valence-electron chi connectivity index (χ3n) is 4.80. The van der Waals surface area contributed by atoms with E-state index in [1.54, 1.807) is 12.1 Å². The molecule has 0 amide bonds. The second kappa shape index (κ2) is 4.22. The summed E-state index contributed by atoms with van der Waals surface area (Å²) in [4.78, 5) is 15.6. The SMILES string of the molecule is CCc1cc(C(=O)O)cc(NC2C(C)(C)C2(C)C)n1. The number of carboxylic acid groups (broad SMARTS) is 1. The van der Waals surface area contributed by atoms with Crippen molar-refractivity contribution in [1.29, 1.82) is 0 Å². The number of aromatic nitrogens is 1. The number of aromatic carboxylic acids is 1. The Morgan fingerprint density at radius 1 is 1.32 bits per heavy atom. The number of carbonyl (C=O) groups is 1. The summed E-state index contributed by atoms with van der Waals surface area (Å²) in [6, 6.07) is 3.57. The van der Waals surface area contributed by atoms with Gasteiger partial charge in [0.05, 0.1) is 5.56 Å². The number of rotatable bonds is 4. The monoisotopic (exact) mass is 262 g/mol. The van der Waals surface area contributed by atoms with Crippen molar-refractivity contribution in [1.82, 2.24) is 4.98 Å². The van der Waals surface area contributed by atoms with Crippen LogP contribution < -0.4 is 5.32 Å². The van der Waals surface area contributed by atoms with Crippen molar-refractivity contribution in [3.05, 3.63) is 23.4 Å². The summed E-state index contributed by atoms with van der Waals surface area (Å²) in [7, 11) is 0. The molecule has 0 atom stereocenters. The minimum Gasteiger partial charge on any atom is -0.478 e. The Balaban J connectivity index is 2.27. The van der Waals surface area contributed by atoms with Crippen molar-refractivity contribution < 1.29 is 9.90 Å². The van der Waals surface area contributed by atoms with E-state index in [0.717, 1.165) is 12.1 Å². The van der Waals surface area contributed by atoms with Gasteiger partial charge in [-0.15, -0.1) is 0 Å². The molecule has 1 fully saturated rings. The highest BCUT2D eigenvalue weighted by atomic mass is 16.4. The highest BCUT2D eigenvalue weighted by Crippen LogP contribution is 2.63. The molecule has 1 saturated carbocycles. The summed E-state index contributed by atoms with van der Waals surface area (Å²) in [5, 5.41) is 12.5. The molecule has 0 spiro atoms. The molecule has 0 radical (unpaired) electrons. The van der Waals surface area contributed by atoms with Crippen LogP contribution in [0.1, 0.15) is 50.7 Å². The molecular weight excluding hydrogens is 240 g/mol. The molecule has 0 aromatic carbocycles. The molecule has 0 saturated heterocycles. The Morgan fingerprint density at radius 3 is 2.32 bits per heavy atom. The van der Waals surface area contributed by atoms with Crippen molar-refractivity contribution in [3.8, 4) is 0 Å². The zero-order chi connectivity index (χ0) is 14.4. The molecule has 1 aromatic heterocycles. The second-order valence-electron chi connectivity index (χ2n) is 6.41. The number of nitrogens with one attached hydrogen (secondary N) is 1. The molecule has 4 nitrogen and oxygen atoms in total. The summed E-state index contributed by atoms with van der Waals surface area (Å²) in [6.45, 7) is 10.8. The number of carboxylic acids is 1. The number of pyridine rings is 1. The molecule has 2 rings (SSSR count). The maximum Gasteiger partial charge on any atom is 0.335 e. The lowest BCUT2D eigenvalue weighted by atomic mass is 10.0. The van der Waals surface area contributed by atoms with Crippen molar-refractivity contribution in [2.45, 2.75) is 47.1 Å².